The molecule has 0 radical (unpaired) electrons. The van der Waals surface area contributed by atoms with E-state index >= 15 is 0 Å². The first-order chi connectivity index (χ1) is 11.9. The number of hydrogen-bond donors (Lipinski definition) is 1. The van der Waals surface area contributed by atoms with Crippen LogP contribution < -0.4 is 4.74 Å². The van der Waals surface area contributed by atoms with Crippen LogP contribution >= 0.6 is 0 Å². The summed E-state index contributed by atoms with van der Waals surface area (Å²) in [5.74, 6) is -0.308. The molecule has 6 nitrogen and oxygen atoms in total. The quantitative estimate of drug-likeness (QED) is 0.765. The van der Waals surface area contributed by atoms with E-state index in [2.05, 4.69) is 0 Å². The van der Waals surface area contributed by atoms with Crippen molar-refractivity contribution in [3.8, 4) is 5.75 Å². The van der Waals surface area contributed by atoms with Gasteiger partial charge in [-0.25, -0.2) is 16.8 Å². The van der Waals surface area contributed by atoms with Crippen molar-refractivity contribution in [3.63, 3.8) is 0 Å². The summed E-state index contributed by atoms with van der Waals surface area (Å²) in [4.78, 5) is 0.0343. The number of rotatable bonds is 6. The molecule has 0 aliphatic carbocycles. The van der Waals surface area contributed by atoms with Gasteiger partial charge in [0.15, 0.2) is 19.7 Å². The van der Waals surface area contributed by atoms with Gasteiger partial charge in [-0.2, -0.15) is 0 Å². The maximum Gasteiger partial charge on any atom is 0.190 e. The van der Waals surface area contributed by atoms with Crippen LogP contribution in [-0.4, -0.2) is 40.9 Å². The summed E-state index contributed by atoms with van der Waals surface area (Å²) in [6.45, 7) is 0.103. The van der Waals surface area contributed by atoms with E-state index in [-0.39, 0.29) is 28.8 Å². The zero-order valence-electron chi connectivity index (χ0n) is 13.3. The molecule has 2 aromatic rings. The molecule has 0 amide bonds. The standard InChI is InChI=1S/C17H18O6S2/c18-10-5-11-23-14-7-2-4-9-16(14)25(21,22)17-12-24(19,20)15-8-3-1-6-13(15)17/h1-4,6-9,17-18H,5,10-12H2. The zero-order chi connectivity index (χ0) is 18.1. The predicted octanol–water partition coefficient (Wildman–Crippen LogP) is 1.75. The van der Waals surface area contributed by atoms with Crippen LogP contribution in [0.1, 0.15) is 17.2 Å². The van der Waals surface area contributed by atoms with Crippen molar-refractivity contribution in [1.29, 1.82) is 0 Å². The van der Waals surface area contributed by atoms with Crippen molar-refractivity contribution in [2.45, 2.75) is 21.5 Å². The van der Waals surface area contributed by atoms with Gasteiger partial charge in [0.05, 0.1) is 17.3 Å². The molecule has 3 rings (SSSR count). The van der Waals surface area contributed by atoms with E-state index in [9.17, 15) is 16.8 Å². The highest BCUT2D eigenvalue weighted by molar-refractivity contribution is 7.96. The molecule has 1 N–H and O–H groups in total. The highest BCUT2D eigenvalue weighted by Crippen LogP contribution is 2.42. The van der Waals surface area contributed by atoms with Crippen molar-refractivity contribution >= 4 is 19.7 Å². The number of ether oxygens (including phenoxy) is 1. The van der Waals surface area contributed by atoms with Crippen molar-refractivity contribution in [2.75, 3.05) is 19.0 Å². The summed E-state index contributed by atoms with van der Waals surface area (Å²) in [7, 11) is -7.59. The van der Waals surface area contributed by atoms with Gasteiger partial charge in [0.1, 0.15) is 15.9 Å². The van der Waals surface area contributed by atoms with E-state index in [4.69, 9.17) is 9.84 Å². The summed E-state index contributed by atoms with van der Waals surface area (Å²) in [5, 5.41) is 7.69. The molecule has 1 atom stereocenters. The third-order valence-electron chi connectivity index (χ3n) is 4.06. The summed E-state index contributed by atoms with van der Waals surface area (Å²) >= 11 is 0. The van der Waals surface area contributed by atoms with Crippen LogP contribution in [0.3, 0.4) is 0 Å². The lowest BCUT2D eigenvalue weighted by Crippen LogP contribution is -2.17. The molecule has 0 fully saturated rings. The number of aliphatic hydroxyl groups is 1. The monoisotopic (exact) mass is 382 g/mol. The van der Waals surface area contributed by atoms with Crippen LogP contribution in [0.15, 0.2) is 58.3 Å². The van der Waals surface area contributed by atoms with Gasteiger partial charge in [0.25, 0.3) is 0 Å². The maximum absolute atomic E-state index is 13.1. The molecule has 0 bridgehead atoms. The Balaban J connectivity index is 2.05. The summed E-state index contributed by atoms with van der Waals surface area (Å²) in [6.07, 6.45) is 0.370. The SMILES string of the molecule is O=S1(=O)CC(S(=O)(=O)c2ccccc2OCCCO)c2ccccc21. The van der Waals surface area contributed by atoms with E-state index in [0.29, 0.717) is 12.0 Å². The molecule has 134 valence electrons. The van der Waals surface area contributed by atoms with Crippen LogP contribution in [0.2, 0.25) is 0 Å². The molecule has 8 heteroatoms. The van der Waals surface area contributed by atoms with Gasteiger partial charge in [-0.05, 0) is 23.8 Å². The summed E-state index contributed by atoms with van der Waals surface area (Å²) < 4.78 is 56.4. The van der Waals surface area contributed by atoms with Gasteiger partial charge < -0.3 is 9.84 Å². The van der Waals surface area contributed by atoms with Crippen molar-refractivity contribution < 1.29 is 26.7 Å². The Labute approximate surface area is 146 Å². The lowest BCUT2D eigenvalue weighted by molar-refractivity contribution is 0.231. The Morgan fingerprint density at radius 2 is 1.76 bits per heavy atom. The molecule has 25 heavy (non-hydrogen) atoms. The lowest BCUT2D eigenvalue weighted by Gasteiger charge is -2.16. The van der Waals surface area contributed by atoms with Crippen molar-refractivity contribution in [2.24, 2.45) is 0 Å². The number of fused-ring (bicyclic) bond motifs is 1. The minimum atomic E-state index is -3.96. The average Bonchev–Trinajstić information content (AvgIpc) is 2.88. The molecule has 0 saturated carbocycles. The van der Waals surface area contributed by atoms with Crippen LogP contribution in [-0.2, 0) is 19.7 Å². The fourth-order valence-corrected chi connectivity index (χ4v) is 7.33. The molecule has 2 aromatic carbocycles. The fraction of sp³-hybridized carbons (Fsp3) is 0.294. The van der Waals surface area contributed by atoms with Crippen LogP contribution in [0.5, 0.6) is 5.75 Å². The minimum absolute atomic E-state index is 0.0372. The Hall–Kier alpha value is -1.90. The molecular formula is C17H18O6S2. The highest BCUT2D eigenvalue weighted by atomic mass is 32.2. The summed E-state index contributed by atoms with van der Waals surface area (Å²) in [5.41, 5.74) is 0.299. The molecule has 0 aromatic heterocycles. The molecular weight excluding hydrogens is 364 g/mol. The minimum Gasteiger partial charge on any atom is -0.492 e. The average molecular weight is 382 g/mol. The normalized spacial score (nSPS) is 18.7. The Morgan fingerprint density at radius 1 is 1.08 bits per heavy atom. The second kappa shape index (κ2) is 6.78. The van der Waals surface area contributed by atoms with E-state index in [0.717, 1.165) is 0 Å². The highest BCUT2D eigenvalue weighted by Gasteiger charge is 2.43. The molecule has 1 aliphatic rings. The Bertz CT molecular complexity index is 980. The molecule has 1 unspecified atom stereocenters. The van der Waals surface area contributed by atoms with Crippen LogP contribution in [0.4, 0.5) is 0 Å². The second-order valence-corrected chi connectivity index (χ2v) is 9.83. The van der Waals surface area contributed by atoms with E-state index in [1.54, 1.807) is 24.3 Å². The van der Waals surface area contributed by atoms with Crippen molar-refractivity contribution in [1.82, 2.24) is 0 Å². The maximum atomic E-state index is 13.1. The van der Waals surface area contributed by atoms with Gasteiger partial charge in [-0.15, -0.1) is 0 Å². The number of para-hydroxylation sites is 1. The zero-order valence-corrected chi connectivity index (χ0v) is 15.0. The summed E-state index contributed by atoms with van der Waals surface area (Å²) in [6, 6.07) is 12.3. The predicted molar refractivity (Wildman–Crippen MR) is 92.1 cm³/mol. The topological polar surface area (TPSA) is 97.7 Å². The smallest absolute Gasteiger partial charge is 0.190 e. The number of sulfone groups is 2. The molecule has 0 spiro atoms. The third-order valence-corrected chi connectivity index (χ3v) is 8.21. The van der Waals surface area contributed by atoms with Gasteiger partial charge in [0.2, 0.25) is 0 Å². The molecule has 0 saturated heterocycles. The van der Waals surface area contributed by atoms with E-state index < -0.39 is 30.7 Å². The first kappa shape index (κ1) is 17.9. The first-order valence-corrected chi connectivity index (χ1v) is 11.0. The lowest BCUT2D eigenvalue weighted by atomic mass is 10.2. The first-order valence-electron chi connectivity index (χ1n) is 7.76. The van der Waals surface area contributed by atoms with Gasteiger partial charge >= 0.3 is 0 Å². The van der Waals surface area contributed by atoms with Crippen molar-refractivity contribution in [3.05, 3.63) is 54.1 Å². The van der Waals surface area contributed by atoms with E-state index in [1.165, 1.54) is 24.3 Å². The van der Waals surface area contributed by atoms with Gasteiger partial charge in [0, 0.05) is 13.0 Å². The Morgan fingerprint density at radius 3 is 2.52 bits per heavy atom. The van der Waals surface area contributed by atoms with Crippen LogP contribution in [0, 0.1) is 0 Å². The number of hydrogen-bond acceptors (Lipinski definition) is 6. The van der Waals surface area contributed by atoms with Crippen LogP contribution in [0.25, 0.3) is 0 Å². The molecule has 1 heterocycles. The number of benzene rings is 2. The Kier molecular flexibility index (Phi) is 4.86. The largest absolute Gasteiger partial charge is 0.492 e. The second-order valence-electron chi connectivity index (χ2n) is 5.73. The number of aliphatic hydroxyl groups excluding tert-OH is 1. The third kappa shape index (κ3) is 3.29. The van der Waals surface area contributed by atoms with E-state index in [1.807, 2.05) is 0 Å². The fourth-order valence-electron chi connectivity index (χ4n) is 2.87. The van der Waals surface area contributed by atoms with Gasteiger partial charge in [-0.1, -0.05) is 30.3 Å². The van der Waals surface area contributed by atoms with Gasteiger partial charge in [-0.3, -0.25) is 0 Å². The molecule has 1 aliphatic heterocycles.